The van der Waals surface area contributed by atoms with Gasteiger partial charge in [-0.15, -0.1) is 0 Å². The van der Waals surface area contributed by atoms with Crippen LogP contribution in [0.2, 0.25) is 0 Å². The molecule has 1 aliphatic carbocycles. The molecule has 98 valence electrons. The summed E-state index contributed by atoms with van der Waals surface area (Å²) < 4.78 is 5.11. The van der Waals surface area contributed by atoms with Gasteiger partial charge in [0.15, 0.2) is 6.10 Å². The van der Waals surface area contributed by atoms with Gasteiger partial charge in [0.05, 0.1) is 7.11 Å². The van der Waals surface area contributed by atoms with Crippen molar-refractivity contribution in [2.45, 2.75) is 37.7 Å². The lowest BCUT2D eigenvalue weighted by molar-refractivity contribution is -0.147. The van der Waals surface area contributed by atoms with Crippen LogP contribution < -0.4 is 4.74 Å². The topological polar surface area (TPSA) is 66.8 Å². The molecular weight excluding hydrogens is 232 g/mol. The highest BCUT2D eigenvalue weighted by molar-refractivity contribution is 5.75. The van der Waals surface area contributed by atoms with Crippen molar-refractivity contribution in [2.75, 3.05) is 7.11 Å². The molecule has 18 heavy (non-hydrogen) atoms. The number of carboxylic acids is 1. The summed E-state index contributed by atoms with van der Waals surface area (Å²) in [5.74, 6) is -0.348. The van der Waals surface area contributed by atoms with Gasteiger partial charge in [-0.05, 0) is 36.5 Å². The molecule has 1 atom stereocenters. The Labute approximate surface area is 106 Å². The van der Waals surface area contributed by atoms with Crippen molar-refractivity contribution in [1.82, 2.24) is 0 Å². The second-order valence-corrected chi connectivity index (χ2v) is 4.72. The quantitative estimate of drug-likeness (QED) is 0.861. The van der Waals surface area contributed by atoms with Gasteiger partial charge in [-0.1, -0.05) is 18.9 Å². The van der Waals surface area contributed by atoms with Crippen LogP contribution in [0.3, 0.4) is 0 Å². The molecule has 0 heterocycles. The SMILES string of the molecule is COc1ccc(C2CCCC2)cc1C(O)C(=O)O. The van der Waals surface area contributed by atoms with Crippen LogP contribution in [0.5, 0.6) is 5.75 Å². The standard InChI is InChI=1S/C14H18O4/c1-18-12-7-6-10(9-4-2-3-5-9)8-11(12)13(15)14(16)17/h6-9,13,15H,2-5H2,1H3,(H,16,17). The maximum absolute atomic E-state index is 10.9. The van der Waals surface area contributed by atoms with Crippen molar-refractivity contribution >= 4 is 5.97 Å². The first kappa shape index (κ1) is 12.9. The van der Waals surface area contributed by atoms with Gasteiger partial charge in [0.25, 0.3) is 0 Å². The van der Waals surface area contributed by atoms with Gasteiger partial charge in [-0.3, -0.25) is 0 Å². The number of carbonyl (C=O) groups is 1. The molecule has 1 saturated carbocycles. The van der Waals surface area contributed by atoms with Gasteiger partial charge in [0, 0.05) is 5.56 Å². The minimum atomic E-state index is -1.53. The molecule has 0 amide bonds. The Kier molecular flexibility index (Phi) is 3.87. The van der Waals surface area contributed by atoms with Gasteiger partial charge in [-0.2, -0.15) is 0 Å². The van der Waals surface area contributed by atoms with Gasteiger partial charge in [-0.25, -0.2) is 4.79 Å². The zero-order valence-electron chi connectivity index (χ0n) is 10.4. The van der Waals surface area contributed by atoms with Crippen LogP contribution in [0.25, 0.3) is 0 Å². The zero-order valence-corrected chi connectivity index (χ0v) is 10.4. The number of aliphatic hydroxyl groups excluding tert-OH is 1. The van der Waals surface area contributed by atoms with E-state index in [0.717, 1.165) is 18.4 Å². The molecule has 1 fully saturated rings. The first-order chi connectivity index (χ1) is 8.63. The molecule has 2 N–H and O–H groups in total. The van der Waals surface area contributed by atoms with Crippen molar-refractivity contribution < 1.29 is 19.7 Å². The van der Waals surface area contributed by atoms with E-state index in [1.54, 1.807) is 12.1 Å². The fraction of sp³-hybridized carbons (Fsp3) is 0.500. The highest BCUT2D eigenvalue weighted by Crippen LogP contribution is 2.37. The zero-order chi connectivity index (χ0) is 13.1. The Morgan fingerprint density at radius 2 is 2.06 bits per heavy atom. The van der Waals surface area contributed by atoms with Crippen molar-refractivity contribution in [3.05, 3.63) is 29.3 Å². The summed E-state index contributed by atoms with van der Waals surface area (Å²) >= 11 is 0. The summed E-state index contributed by atoms with van der Waals surface area (Å²) in [6.45, 7) is 0. The highest BCUT2D eigenvalue weighted by atomic mass is 16.5. The molecule has 0 spiro atoms. The van der Waals surface area contributed by atoms with E-state index in [4.69, 9.17) is 9.84 Å². The number of carboxylic acid groups (broad SMARTS) is 1. The van der Waals surface area contributed by atoms with Crippen molar-refractivity contribution in [1.29, 1.82) is 0 Å². The third-order valence-corrected chi connectivity index (χ3v) is 3.61. The normalized spacial score (nSPS) is 17.7. The summed E-state index contributed by atoms with van der Waals surface area (Å²) in [4.78, 5) is 10.9. The smallest absolute Gasteiger partial charge is 0.337 e. The van der Waals surface area contributed by atoms with E-state index in [2.05, 4.69) is 0 Å². The molecule has 4 heteroatoms. The molecular formula is C14H18O4. The first-order valence-electron chi connectivity index (χ1n) is 6.22. The van der Waals surface area contributed by atoms with E-state index in [-0.39, 0.29) is 0 Å². The number of aliphatic carboxylic acids is 1. The largest absolute Gasteiger partial charge is 0.496 e. The average Bonchev–Trinajstić information content (AvgIpc) is 2.90. The third kappa shape index (κ3) is 2.48. The molecule has 1 aliphatic rings. The van der Waals surface area contributed by atoms with Crippen molar-refractivity contribution in [3.8, 4) is 5.75 Å². The molecule has 0 aliphatic heterocycles. The maximum Gasteiger partial charge on any atom is 0.337 e. The van der Waals surface area contributed by atoms with Gasteiger partial charge in [0.2, 0.25) is 0 Å². The average molecular weight is 250 g/mol. The lowest BCUT2D eigenvalue weighted by atomic mass is 9.94. The van der Waals surface area contributed by atoms with Crippen molar-refractivity contribution in [2.24, 2.45) is 0 Å². The first-order valence-corrected chi connectivity index (χ1v) is 6.22. The lowest BCUT2D eigenvalue weighted by Crippen LogP contribution is -2.12. The number of aliphatic hydroxyl groups is 1. The van der Waals surface area contributed by atoms with Crippen LogP contribution in [0.4, 0.5) is 0 Å². The van der Waals surface area contributed by atoms with Crippen LogP contribution in [0.15, 0.2) is 18.2 Å². The fourth-order valence-corrected chi connectivity index (χ4v) is 2.61. The second kappa shape index (κ2) is 5.40. The summed E-state index contributed by atoms with van der Waals surface area (Å²) in [7, 11) is 1.47. The number of benzene rings is 1. The Morgan fingerprint density at radius 1 is 1.39 bits per heavy atom. The van der Waals surface area contributed by atoms with Gasteiger partial charge in [0.1, 0.15) is 5.75 Å². The highest BCUT2D eigenvalue weighted by Gasteiger charge is 2.23. The number of rotatable bonds is 4. The van der Waals surface area contributed by atoms with Gasteiger partial charge < -0.3 is 14.9 Å². The third-order valence-electron chi connectivity index (χ3n) is 3.61. The Balaban J connectivity index is 2.35. The summed E-state index contributed by atoms with van der Waals surface area (Å²) in [6, 6.07) is 5.48. The number of methoxy groups -OCH3 is 1. The molecule has 0 radical (unpaired) electrons. The number of ether oxygens (including phenoxy) is 1. The molecule has 1 unspecified atom stereocenters. The predicted octanol–water partition coefficient (Wildman–Crippen LogP) is 2.47. The predicted molar refractivity (Wildman–Crippen MR) is 66.8 cm³/mol. The van der Waals surface area contributed by atoms with Crippen LogP contribution >= 0.6 is 0 Å². The summed E-state index contributed by atoms with van der Waals surface area (Å²) in [6.07, 6.45) is 3.17. The molecule has 0 saturated heterocycles. The minimum absolute atomic E-state index is 0.342. The van der Waals surface area contributed by atoms with Crippen LogP contribution in [-0.2, 0) is 4.79 Å². The lowest BCUT2D eigenvalue weighted by Gasteiger charge is -2.16. The Morgan fingerprint density at radius 3 is 2.61 bits per heavy atom. The van der Waals surface area contributed by atoms with Crippen LogP contribution in [-0.4, -0.2) is 23.3 Å². The Bertz CT molecular complexity index is 435. The number of hydrogen-bond donors (Lipinski definition) is 2. The van der Waals surface area contributed by atoms with Gasteiger partial charge >= 0.3 is 5.97 Å². The van der Waals surface area contributed by atoms with Crippen LogP contribution in [0.1, 0.15) is 48.8 Å². The molecule has 1 aromatic carbocycles. The minimum Gasteiger partial charge on any atom is -0.496 e. The van der Waals surface area contributed by atoms with E-state index in [0.29, 0.717) is 17.2 Å². The summed E-state index contributed by atoms with van der Waals surface area (Å²) in [5, 5.41) is 18.6. The van der Waals surface area contributed by atoms with E-state index < -0.39 is 12.1 Å². The molecule has 0 bridgehead atoms. The van der Waals surface area contributed by atoms with E-state index in [1.165, 1.54) is 20.0 Å². The van der Waals surface area contributed by atoms with E-state index >= 15 is 0 Å². The molecule has 4 nitrogen and oxygen atoms in total. The number of hydrogen-bond acceptors (Lipinski definition) is 3. The van der Waals surface area contributed by atoms with E-state index in [9.17, 15) is 9.90 Å². The van der Waals surface area contributed by atoms with Crippen LogP contribution in [0, 0.1) is 0 Å². The fourth-order valence-electron chi connectivity index (χ4n) is 2.61. The molecule has 0 aromatic heterocycles. The molecule has 1 aromatic rings. The Hall–Kier alpha value is -1.55. The maximum atomic E-state index is 10.9. The van der Waals surface area contributed by atoms with Crippen molar-refractivity contribution in [3.63, 3.8) is 0 Å². The monoisotopic (exact) mass is 250 g/mol. The summed E-state index contributed by atoms with van der Waals surface area (Å²) in [5.41, 5.74) is 1.44. The molecule has 2 rings (SSSR count). The second-order valence-electron chi connectivity index (χ2n) is 4.72. The van der Waals surface area contributed by atoms with E-state index in [1.807, 2.05) is 6.07 Å².